The lowest BCUT2D eigenvalue weighted by Gasteiger charge is -2.28. The lowest BCUT2D eigenvalue weighted by Crippen LogP contribution is -2.45. The minimum atomic E-state index is -0.344. The highest BCUT2D eigenvalue weighted by atomic mass is 16.6. The molecule has 0 bridgehead atoms. The molecule has 4 nitrogen and oxygen atoms in total. The zero-order chi connectivity index (χ0) is 13.8. The number of benzene rings is 2. The molecule has 20 heavy (non-hydrogen) atoms. The zero-order valence-corrected chi connectivity index (χ0v) is 11.1. The zero-order valence-electron chi connectivity index (χ0n) is 11.1. The predicted molar refractivity (Wildman–Crippen MR) is 75.5 cm³/mol. The molecule has 0 unspecified atom stereocenters. The van der Waals surface area contributed by atoms with Crippen LogP contribution in [0.4, 0.5) is 4.79 Å². The minimum absolute atomic E-state index is 0.291. The minimum Gasteiger partial charge on any atom is -0.444 e. The second kappa shape index (κ2) is 5.75. The van der Waals surface area contributed by atoms with Crippen LogP contribution in [0.5, 0.6) is 0 Å². The van der Waals surface area contributed by atoms with Crippen LogP contribution >= 0.6 is 0 Å². The van der Waals surface area contributed by atoms with Crippen LogP contribution < -0.4 is 5.43 Å². The van der Waals surface area contributed by atoms with Crippen LogP contribution in [0.2, 0.25) is 0 Å². The number of hydrogen-bond donors (Lipinski definition) is 1. The van der Waals surface area contributed by atoms with Gasteiger partial charge < -0.3 is 4.74 Å². The summed E-state index contributed by atoms with van der Waals surface area (Å²) in [6.07, 6.45) is -0.344. The average molecular weight is 268 g/mol. The number of ether oxygens (including phenoxy) is 1. The van der Waals surface area contributed by atoms with Gasteiger partial charge in [-0.1, -0.05) is 54.6 Å². The van der Waals surface area contributed by atoms with E-state index in [0.29, 0.717) is 19.7 Å². The topological polar surface area (TPSA) is 41.6 Å². The maximum absolute atomic E-state index is 12.0. The summed E-state index contributed by atoms with van der Waals surface area (Å²) in [6, 6.07) is 17.8. The maximum Gasteiger partial charge on any atom is 0.424 e. The number of hydrazine groups is 1. The molecule has 2 aromatic rings. The Balaban J connectivity index is 1.59. The number of carbonyl (C=O) groups excluding carboxylic acids is 1. The van der Waals surface area contributed by atoms with Crippen molar-refractivity contribution < 1.29 is 9.53 Å². The van der Waals surface area contributed by atoms with Gasteiger partial charge in [-0.3, -0.25) is 0 Å². The number of nitrogens with zero attached hydrogens (tertiary/aromatic N) is 1. The summed E-state index contributed by atoms with van der Waals surface area (Å²) in [6.45, 7) is 1.47. The number of hydrogen-bond acceptors (Lipinski definition) is 3. The van der Waals surface area contributed by atoms with Crippen LogP contribution in [0.25, 0.3) is 0 Å². The van der Waals surface area contributed by atoms with Gasteiger partial charge in [-0.05, 0) is 16.7 Å². The Morgan fingerprint density at radius 3 is 2.55 bits per heavy atom. The molecule has 0 aliphatic carbocycles. The lowest BCUT2D eigenvalue weighted by atomic mass is 10.1. The Kier molecular flexibility index (Phi) is 3.65. The summed E-state index contributed by atoms with van der Waals surface area (Å²) in [7, 11) is 0. The quantitative estimate of drug-likeness (QED) is 0.910. The van der Waals surface area contributed by atoms with Gasteiger partial charge in [0.2, 0.25) is 0 Å². The van der Waals surface area contributed by atoms with Gasteiger partial charge in [0, 0.05) is 6.54 Å². The van der Waals surface area contributed by atoms with Crippen molar-refractivity contribution in [3.63, 3.8) is 0 Å². The maximum atomic E-state index is 12.0. The lowest BCUT2D eigenvalue weighted by molar-refractivity contribution is 0.0682. The second-order valence-electron chi connectivity index (χ2n) is 4.73. The van der Waals surface area contributed by atoms with Crippen molar-refractivity contribution in [2.75, 3.05) is 0 Å². The van der Waals surface area contributed by atoms with Crippen molar-refractivity contribution in [2.24, 2.45) is 0 Å². The molecule has 102 valence electrons. The van der Waals surface area contributed by atoms with Gasteiger partial charge in [0.15, 0.2) is 0 Å². The molecule has 2 aromatic carbocycles. The number of carbonyl (C=O) groups is 1. The van der Waals surface area contributed by atoms with Gasteiger partial charge in [0.1, 0.15) is 6.61 Å². The third kappa shape index (κ3) is 2.81. The van der Waals surface area contributed by atoms with E-state index in [-0.39, 0.29) is 6.09 Å². The fraction of sp³-hybridized carbons (Fsp3) is 0.188. The van der Waals surface area contributed by atoms with Gasteiger partial charge >= 0.3 is 6.09 Å². The highest BCUT2D eigenvalue weighted by Crippen LogP contribution is 2.16. The Labute approximate surface area is 117 Å². The molecule has 0 radical (unpaired) electrons. The van der Waals surface area contributed by atoms with Crippen LogP contribution in [-0.2, 0) is 24.4 Å². The van der Waals surface area contributed by atoms with Gasteiger partial charge in [0.05, 0.1) is 6.54 Å². The van der Waals surface area contributed by atoms with E-state index >= 15 is 0 Å². The van der Waals surface area contributed by atoms with Crippen molar-refractivity contribution in [3.8, 4) is 0 Å². The molecule has 0 atom stereocenters. The van der Waals surface area contributed by atoms with E-state index in [0.717, 1.165) is 11.1 Å². The van der Waals surface area contributed by atoms with Crippen molar-refractivity contribution in [2.45, 2.75) is 19.7 Å². The fourth-order valence-corrected chi connectivity index (χ4v) is 2.22. The summed E-state index contributed by atoms with van der Waals surface area (Å²) in [5.41, 5.74) is 6.43. The molecule has 0 fully saturated rings. The number of rotatable bonds is 2. The van der Waals surface area contributed by atoms with E-state index in [1.54, 1.807) is 0 Å². The first-order valence-electron chi connectivity index (χ1n) is 6.61. The van der Waals surface area contributed by atoms with E-state index < -0.39 is 0 Å². The normalized spacial score (nSPS) is 13.7. The molecule has 0 saturated heterocycles. The molecule has 0 aromatic heterocycles. The molecule has 1 amide bonds. The molecular weight excluding hydrogens is 252 g/mol. The predicted octanol–water partition coefficient (Wildman–Crippen LogP) is 2.84. The van der Waals surface area contributed by atoms with E-state index in [4.69, 9.17) is 4.74 Å². The first kappa shape index (κ1) is 12.7. The summed E-state index contributed by atoms with van der Waals surface area (Å²) in [4.78, 5) is 12.0. The third-order valence-corrected chi connectivity index (χ3v) is 3.33. The van der Waals surface area contributed by atoms with Gasteiger partial charge in [-0.2, -0.15) is 0 Å². The Morgan fingerprint density at radius 2 is 1.75 bits per heavy atom. The molecule has 0 saturated carbocycles. The molecular formula is C16H16N2O2. The third-order valence-electron chi connectivity index (χ3n) is 3.33. The smallest absolute Gasteiger partial charge is 0.424 e. The van der Waals surface area contributed by atoms with E-state index in [1.165, 1.54) is 10.6 Å². The van der Waals surface area contributed by atoms with Crippen LogP contribution in [0.3, 0.4) is 0 Å². The van der Waals surface area contributed by atoms with Crippen molar-refractivity contribution in [1.29, 1.82) is 0 Å². The van der Waals surface area contributed by atoms with Gasteiger partial charge in [-0.15, -0.1) is 0 Å². The summed E-state index contributed by atoms with van der Waals surface area (Å²) < 4.78 is 5.31. The average Bonchev–Trinajstić information content (AvgIpc) is 2.53. The van der Waals surface area contributed by atoms with Gasteiger partial charge in [-0.25, -0.2) is 15.2 Å². The van der Waals surface area contributed by atoms with Crippen LogP contribution in [0.15, 0.2) is 54.6 Å². The molecule has 1 N–H and O–H groups in total. The molecule has 1 heterocycles. The van der Waals surface area contributed by atoms with E-state index in [2.05, 4.69) is 11.5 Å². The van der Waals surface area contributed by atoms with Crippen LogP contribution in [0, 0.1) is 0 Å². The largest absolute Gasteiger partial charge is 0.444 e. The van der Waals surface area contributed by atoms with Crippen molar-refractivity contribution >= 4 is 6.09 Å². The highest BCUT2D eigenvalue weighted by molar-refractivity contribution is 5.67. The summed E-state index contributed by atoms with van der Waals surface area (Å²) >= 11 is 0. The monoisotopic (exact) mass is 268 g/mol. The highest BCUT2D eigenvalue weighted by Gasteiger charge is 2.21. The Morgan fingerprint density at radius 1 is 1.05 bits per heavy atom. The summed E-state index contributed by atoms with van der Waals surface area (Å²) in [5, 5.41) is 1.52. The van der Waals surface area contributed by atoms with E-state index in [1.807, 2.05) is 48.5 Å². The standard InChI is InChI=1S/C16H16N2O2/c19-16(20-12-13-6-2-1-3-7-13)18-11-15-9-5-4-8-14(15)10-17-18/h1-9,17H,10-12H2. The SMILES string of the molecule is O=C(OCc1ccccc1)N1Cc2ccccc2CN1. The van der Waals surface area contributed by atoms with E-state index in [9.17, 15) is 4.79 Å². The summed E-state index contributed by atoms with van der Waals surface area (Å²) in [5.74, 6) is 0. The Hall–Kier alpha value is -2.33. The first-order valence-corrected chi connectivity index (χ1v) is 6.61. The van der Waals surface area contributed by atoms with Crippen molar-refractivity contribution in [3.05, 3.63) is 71.3 Å². The molecule has 1 aliphatic rings. The first-order chi connectivity index (χ1) is 9.83. The Bertz CT molecular complexity index is 598. The number of amides is 1. The second-order valence-corrected chi connectivity index (χ2v) is 4.73. The van der Waals surface area contributed by atoms with Crippen LogP contribution in [-0.4, -0.2) is 11.1 Å². The van der Waals surface area contributed by atoms with Gasteiger partial charge in [0.25, 0.3) is 0 Å². The fourth-order valence-electron chi connectivity index (χ4n) is 2.22. The number of fused-ring (bicyclic) bond motifs is 1. The molecule has 3 rings (SSSR count). The molecule has 4 heteroatoms. The molecule has 1 aliphatic heterocycles. The van der Waals surface area contributed by atoms with Crippen molar-refractivity contribution in [1.82, 2.24) is 10.4 Å². The van der Waals surface area contributed by atoms with Crippen LogP contribution in [0.1, 0.15) is 16.7 Å². The molecule has 0 spiro atoms. The number of nitrogens with one attached hydrogen (secondary N) is 1.